The molecule has 0 fully saturated rings. The van der Waals surface area contributed by atoms with Gasteiger partial charge in [-0.3, -0.25) is 9.10 Å². The number of anilines is 2. The fourth-order valence-electron chi connectivity index (χ4n) is 3.32. The first-order valence-corrected chi connectivity index (χ1v) is 11.5. The molecular weight excluding hydrogens is 404 g/mol. The Morgan fingerprint density at radius 3 is 2.27 bits per heavy atom. The summed E-state index contributed by atoms with van der Waals surface area (Å²) < 4.78 is 37.0. The van der Waals surface area contributed by atoms with Gasteiger partial charge in [-0.15, -0.1) is 0 Å². The van der Waals surface area contributed by atoms with Gasteiger partial charge in [-0.2, -0.15) is 0 Å². The van der Waals surface area contributed by atoms with E-state index < -0.39 is 22.0 Å². The molecule has 30 heavy (non-hydrogen) atoms. The third kappa shape index (κ3) is 5.05. The van der Waals surface area contributed by atoms with E-state index in [-0.39, 0.29) is 11.6 Å². The molecular formula is C22H30N2O5S. The third-order valence-corrected chi connectivity index (χ3v) is 6.11. The fraction of sp³-hybridized carbons (Fsp3) is 0.409. The number of hydrogen-bond acceptors (Lipinski definition) is 5. The summed E-state index contributed by atoms with van der Waals surface area (Å²) in [5.41, 5.74) is 2.83. The number of para-hydroxylation sites is 1. The fourth-order valence-corrected chi connectivity index (χ4v) is 4.49. The molecule has 0 saturated carbocycles. The highest BCUT2D eigenvalue weighted by Crippen LogP contribution is 2.35. The number of aryl methyl sites for hydroxylation is 1. The van der Waals surface area contributed by atoms with Gasteiger partial charge in [-0.1, -0.05) is 32.0 Å². The van der Waals surface area contributed by atoms with Gasteiger partial charge in [0.2, 0.25) is 15.9 Å². The lowest BCUT2D eigenvalue weighted by atomic mass is 9.98. The summed E-state index contributed by atoms with van der Waals surface area (Å²) >= 11 is 0. The molecule has 0 unspecified atom stereocenters. The van der Waals surface area contributed by atoms with Crippen molar-refractivity contribution in [3.63, 3.8) is 0 Å². The molecule has 1 atom stereocenters. The van der Waals surface area contributed by atoms with Gasteiger partial charge < -0.3 is 14.8 Å². The number of hydrogen-bond donors (Lipinski definition) is 1. The van der Waals surface area contributed by atoms with Crippen LogP contribution in [0.4, 0.5) is 11.4 Å². The molecule has 0 aliphatic carbocycles. The maximum atomic E-state index is 13.2. The maximum absolute atomic E-state index is 13.2. The van der Waals surface area contributed by atoms with Crippen molar-refractivity contribution in [2.24, 2.45) is 0 Å². The Kier molecular flexibility index (Phi) is 7.36. The first-order chi connectivity index (χ1) is 14.0. The topological polar surface area (TPSA) is 84.9 Å². The van der Waals surface area contributed by atoms with Crippen molar-refractivity contribution in [1.29, 1.82) is 0 Å². The van der Waals surface area contributed by atoms with Gasteiger partial charge in [-0.25, -0.2) is 8.42 Å². The quantitative estimate of drug-likeness (QED) is 0.680. The van der Waals surface area contributed by atoms with E-state index in [0.717, 1.165) is 21.7 Å². The zero-order valence-electron chi connectivity index (χ0n) is 18.5. The molecule has 0 radical (unpaired) electrons. The lowest BCUT2D eigenvalue weighted by molar-refractivity contribution is -0.116. The number of methoxy groups -OCH3 is 2. The van der Waals surface area contributed by atoms with Crippen LogP contribution in [0.25, 0.3) is 0 Å². The zero-order valence-corrected chi connectivity index (χ0v) is 19.3. The number of nitrogens with zero attached hydrogens (tertiary/aromatic N) is 1. The molecule has 0 aromatic heterocycles. The molecule has 0 spiro atoms. The molecule has 2 aromatic rings. The Labute approximate surface area is 179 Å². The zero-order chi connectivity index (χ0) is 22.6. The number of carbonyl (C=O) groups excluding carboxylic acids is 1. The molecule has 2 aromatic carbocycles. The van der Waals surface area contributed by atoms with Crippen molar-refractivity contribution in [2.75, 3.05) is 30.1 Å². The highest BCUT2D eigenvalue weighted by Gasteiger charge is 2.32. The van der Waals surface area contributed by atoms with Crippen molar-refractivity contribution in [1.82, 2.24) is 0 Å². The van der Waals surface area contributed by atoms with Gasteiger partial charge in [0.25, 0.3) is 0 Å². The van der Waals surface area contributed by atoms with Crippen molar-refractivity contribution < 1.29 is 22.7 Å². The molecule has 8 heteroatoms. The lowest BCUT2D eigenvalue weighted by Crippen LogP contribution is -2.45. The van der Waals surface area contributed by atoms with Crippen LogP contribution in [0.15, 0.2) is 36.4 Å². The molecule has 0 bridgehead atoms. The van der Waals surface area contributed by atoms with Crippen LogP contribution >= 0.6 is 0 Å². The largest absolute Gasteiger partial charge is 0.497 e. The number of benzene rings is 2. The van der Waals surface area contributed by atoms with E-state index in [0.29, 0.717) is 17.2 Å². The molecule has 2 rings (SSSR count). The van der Waals surface area contributed by atoms with E-state index in [2.05, 4.69) is 5.32 Å². The average molecular weight is 435 g/mol. The smallest absolute Gasteiger partial charge is 0.248 e. The summed E-state index contributed by atoms with van der Waals surface area (Å²) in [5, 5.41) is 2.93. The minimum Gasteiger partial charge on any atom is -0.497 e. The number of rotatable bonds is 8. The molecule has 1 N–H and O–H groups in total. The van der Waals surface area contributed by atoms with E-state index >= 15 is 0 Å². The van der Waals surface area contributed by atoms with Crippen LogP contribution < -0.4 is 19.1 Å². The van der Waals surface area contributed by atoms with Crippen molar-refractivity contribution >= 4 is 27.3 Å². The second kappa shape index (κ2) is 9.38. The van der Waals surface area contributed by atoms with Crippen LogP contribution in [0.3, 0.4) is 0 Å². The van der Waals surface area contributed by atoms with Crippen LogP contribution in [0.5, 0.6) is 11.5 Å². The van der Waals surface area contributed by atoms with Gasteiger partial charge in [0, 0.05) is 11.8 Å². The summed E-state index contributed by atoms with van der Waals surface area (Å²) in [6.07, 6.45) is 1.06. The number of nitrogens with one attached hydrogen (secondary N) is 1. The monoisotopic (exact) mass is 434 g/mol. The predicted octanol–water partition coefficient (Wildman–Crippen LogP) is 3.93. The minimum atomic E-state index is -3.81. The Hall–Kier alpha value is -2.74. The average Bonchev–Trinajstić information content (AvgIpc) is 2.68. The van der Waals surface area contributed by atoms with Crippen molar-refractivity contribution in [3.8, 4) is 11.5 Å². The highest BCUT2D eigenvalue weighted by atomic mass is 32.2. The van der Waals surface area contributed by atoms with Crippen LogP contribution in [0, 0.1) is 6.92 Å². The summed E-state index contributed by atoms with van der Waals surface area (Å²) in [4.78, 5) is 13.2. The van der Waals surface area contributed by atoms with E-state index in [4.69, 9.17) is 9.47 Å². The Morgan fingerprint density at radius 1 is 1.07 bits per heavy atom. The Bertz CT molecular complexity index is 1020. The van der Waals surface area contributed by atoms with Gasteiger partial charge in [0.1, 0.15) is 17.5 Å². The van der Waals surface area contributed by atoms with E-state index in [9.17, 15) is 13.2 Å². The summed E-state index contributed by atoms with van der Waals surface area (Å²) in [6, 6.07) is 9.58. The van der Waals surface area contributed by atoms with Gasteiger partial charge in [0.15, 0.2) is 0 Å². The third-order valence-electron chi connectivity index (χ3n) is 4.89. The lowest BCUT2D eigenvalue weighted by Gasteiger charge is -2.30. The van der Waals surface area contributed by atoms with E-state index in [1.165, 1.54) is 20.3 Å². The van der Waals surface area contributed by atoms with Gasteiger partial charge in [-0.05, 0) is 43.0 Å². The van der Waals surface area contributed by atoms with Crippen molar-refractivity contribution in [2.45, 2.75) is 39.7 Å². The number of amides is 1. The molecule has 7 nitrogen and oxygen atoms in total. The second-order valence-corrected chi connectivity index (χ2v) is 9.32. The molecule has 0 saturated heterocycles. The maximum Gasteiger partial charge on any atom is 0.248 e. The first kappa shape index (κ1) is 23.5. The van der Waals surface area contributed by atoms with Gasteiger partial charge >= 0.3 is 0 Å². The number of carbonyl (C=O) groups is 1. The molecule has 0 aliphatic rings. The minimum absolute atomic E-state index is 0.194. The van der Waals surface area contributed by atoms with Crippen LogP contribution in [0.2, 0.25) is 0 Å². The molecule has 0 heterocycles. The normalized spacial score (nSPS) is 12.4. The van der Waals surface area contributed by atoms with Crippen LogP contribution in [0.1, 0.15) is 37.8 Å². The highest BCUT2D eigenvalue weighted by molar-refractivity contribution is 7.92. The van der Waals surface area contributed by atoms with Crippen LogP contribution in [-0.4, -0.2) is 40.8 Å². The molecule has 0 aliphatic heterocycles. The Balaban J connectivity index is 2.50. The second-order valence-electron chi connectivity index (χ2n) is 7.46. The standard InChI is InChI=1S/C22H30N2O5S/c1-14(2)18-10-8-9-15(3)21(18)23-22(25)16(4)24(30(7,26)27)19-13-17(28-5)11-12-20(19)29-6/h8-14,16H,1-7H3,(H,23,25)/t16-/m0/s1. The molecule has 164 valence electrons. The van der Waals surface area contributed by atoms with E-state index in [1.807, 2.05) is 39.0 Å². The van der Waals surface area contributed by atoms with Gasteiger partial charge in [0.05, 0.1) is 26.2 Å². The summed E-state index contributed by atoms with van der Waals surface area (Å²) in [7, 11) is -0.884. The van der Waals surface area contributed by atoms with E-state index in [1.54, 1.807) is 19.1 Å². The van der Waals surface area contributed by atoms with Crippen molar-refractivity contribution in [3.05, 3.63) is 47.5 Å². The summed E-state index contributed by atoms with van der Waals surface area (Å²) in [5.74, 6) is 0.522. The first-order valence-electron chi connectivity index (χ1n) is 9.63. The Morgan fingerprint density at radius 2 is 1.73 bits per heavy atom. The SMILES string of the molecule is COc1ccc(OC)c(N([C@@H](C)C(=O)Nc2c(C)cccc2C(C)C)S(C)(=O)=O)c1. The number of ether oxygens (including phenoxy) is 2. The van der Waals surface area contributed by atoms with Crippen LogP contribution in [-0.2, 0) is 14.8 Å². The summed E-state index contributed by atoms with van der Waals surface area (Å²) in [6.45, 7) is 7.53. The number of sulfonamides is 1. The predicted molar refractivity (Wildman–Crippen MR) is 120 cm³/mol. The molecule has 1 amide bonds.